The van der Waals surface area contributed by atoms with Crippen LogP contribution < -0.4 is 5.32 Å². The maximum atomic E-state index is 12.2. The lowest BCUT2D eigenvalue weighted by Gasteiger charge is -2.30. The zero-order valence-corrected chi connectivity index (χ0v) is 14.4. The molecule has 1 saturated carbocycles. The van der Waals surface area contributed by atoms with Crippen molar-refractivity contribution in [2.75, 3.05) is 0 Å². The topological polar surface area (TPSA) is 55.4 Å². The van der Waals surface area contributed by atoms with E-state index in [4.69, 9.17) is 16.3 Å². The van der Waals surface area contributed by atoms with Crippen LogP contribution in [0.15, 0.2) is 24.3 Å². The minimum atomic E-state index is -0.774. The monoisotopic (exact) mass is 337 g/mol. The Morgan fingerprint density at radius 2 is 1.91 bits per heavy atom. The van der Waals surface area contributed by atoms with Gasteiger partial charge in [-0.05, 0) is 43.4 Å². The zero-order valence-electron chi connectivity index (χ0n) is 13.7. The van der Waals surface area contributed by atoms with Gasteiger partial charge in [0.15, 0.2) is 6.10 Å². The molecule has 0 heterocycles. The maximum absolute atomic E-state index is 12.2. The zero-order chi connectivity index (χ0) is 16.8. The molecule has 23 heavy (non-hydrogen) atoms. The lowest BCUT2D eigenvalue weighted by atomic mass is 9.86. The highest BCUT2D eigenvalue weighted by molar-refractivity contribution is 6.30. The molecule has 0 aliphatic heterocycles. The fraction of sp³-hybridized carbons (Fsp3) is 0.556. The lowest BCUT2D eigenvalue weighted by Crippen LogP contribution is -2.46. The number of esters is 1. The van der Waals surface area contributed by atoms with Crippen molar-refractivity contribution in [3.63, 3.8) is 0 Å². The van der Waals surface area contributed by atoms with Crippen LogP contribution in [0.4, 0.5) is 0 Å². The molecule has 0 spiro atoms. The Bertz CT molecular complexity index is 544. The van der Waals surface area contributed by atoms with Gasteiger partial charge in [0.05, 0.1) is 6.42 Å². The van der Waals surface area contributed by atoms with Crippen LogP contribution in [0.1, 0.15) is 45.1 Å². The van der Waals surface area contributed by atoms with Gasteiger partial charge < -0.3 is 10.1 Å². The van der Waals surface area contributed by atoms with Crippen molar-refractivity contribution in [3.8, 4) is 0 Å². The SMILES string of the molecule is C[C@H](OC(=O)Cc1ccc(Cl)cc1)C(=O)N[C@@H]1CCCC[C@@H]1C. The minimum Gasteiger partial charge on any atom is -0.452 e. The molecular weight excluding hydrogens is 314 g/mol. The molecule has 1 aromatic carbocycles. The van der Waals surface area contributed by atoms with Gasteiger partial charge in [0.1, 0.15) is 0 Å². The molecular formula is C18H24ClNO3. The highest BCUT2D eigenvalue weighted by Crippen LogP contribution is 2.23. The van der Waals surface area contributed by atoms with E-state index in [0.717, 1.165) is 24.8 Å². The fourth-order valence-electron chi connectivity index (χ4n) is 2.89. The third-order valence-corrected chi connectivity index (χ3v) is 4.63. The van der Waals surface area contributed by atoms with E-state index in [9.17, 15) is 9.59 Å². The predicted molar refractivity (Wildman–Crippen MR) is 90.3 cm³/mol. The first-order chi connectivity index (χ1) is 11.0. The van der Waals surface area contributed by atoms with Gasteiger partial charge in [-0.2, -0.15) is 0 Å². The Hall–Kier alpha value is -1.55. The molecule has 0 aromatic heterocycles. The molecule has 0 saturated heterocycles. The quantitative estimate of drug-likeness (QED) is 0.836. The van der Waals surface area contributed by atoms with Crippen LogP contribution >= 0.6 is 11.6 Å². The van der Waals surface area contributed by atoms with Crippen molar-refractivity contribution in [3.05, 3.63) is 34.9 Å². The summed E-state index contributed by atoms with van der Waals surface area (Å²) in [7, 11) is 0. The summed E-state index contributed by atoms with van der Waals surface area (Å²) in [5.74, 6) is -0.149. The summed E-state index contributed by atoms with van der Waals surface area (Å²) in [4.78, 5) is 24.1. The number of benzene rings is 1. The Kier molecular flexibility index (Phi) is 6.46. The lowest BCUT2D eigenvalue weighted by molar-refractivity contribution is -0.154. The van der Waals surface area contributed by atoms with E-state index in [1.807, 2.05) is 0 Å². The summed E-state index contributed by atoms with van der Waals surface area (Å²) in [6, 6.07) is 7.19. The van der Waals surface area contributed by atoms with Crippen LogP contribution in [0.5, 0.6) is 0 Å². The molecule has 1 fully saturated rings. The molecule has 4 nitrogen and oxygen atoms in total. The molecule has 1 aromatic rings. The number of hydrogen-bond acceptors (Lipinski definition) is 3. The molecule has 3 atom stereocenters. The maximum Gasteiger partial charge on any atom is 0.311 e. The first-order valence-corrected chi connectivity index (χ1v) is 8.58. The number of carbonyl (C=O) groups is 2. The van der Waals surface area contributed by atoms with Gasteiger partial charge in [-0.15, -0.1) is 0 Å². The van der Waals surface area contributed by atoms with Crippen molar-refractivity contribution >= 4 is 23.5 Å². The minimum absolute atomic E-state index is 0.134. The normalized spacial score (nSPS) is 22.2. The average Bonchev–Trinajstić information content (AvgIpc) is 2.51. The smallest absolute Gasteiger partial charge is 0.311 e. The number of nitrogens with one attached hydrogen (secondary N) is 1. The second-order valence-electron chi connectivity index (χ2n) is 6.31. The average molecular weight is 338 g/mol. The summed E-state index contributed by atoms with van der Waals surface area (Å²) in [6.45, 7) is 3.77. The molecule has 1 aliphatic carbocycles. The number of carbonyl (C=O) groups excluding carboxylic acids is 2. The standard InChI is InChI=1S/C18H24ClNO3/c1-12-5-3-4-6-16(12)20-18(22)13(2)23-17(21)11-14-7-9-15(19)10-8-14/h7-10,12-13,16H,3-6,11H2,1-2H3,(H,20,22)/t12-,13-,16+/m0/s1. The number of amides is 1. The van der Waals surface area contributed by atoms with Gasteiger partial charge >= 0.3 is 5.97 Å². The summed E-state index contributed by atoms with van der Waals surface area (Å²) >= 11 is 5.81. The van der Waals surface area contributed by atoms with E-state index in [0.29, 0.717) is 10.9 Å². The molecule has 0 bridgehead atoms. The van der Waals surface area contributed by atoms with E-state index in [2.05, 4.69) is 12.2 Å². The summed E-state index contributed by atoms with van der Waals surface area (Å²) < 4.78 is 5.24. The van der Waals surface area contributed by atoms with E-state index in [1.165, 1.54) is 6.42 Å². The van der Waals surface area contributed by atoms with Gasteiger partial charge in [-0.25, -0.2) is 0 Å². The van der Waals surface area contributed by atoms with Crippen molar-refractivity contribution < 1.29 is 14.3 Å². The summed E-state index contributed by atoms with van der Waals surface area (Å²) in [6.07, 6.45) is 3.85. The Labute approximate surface area is 142 Å². The van der Waals surface area contributed by atoms with Crippen molar-refractivity contribution in [1.29, 1.82) is 0 Å². The van der Waals surface area contributed by atoms with Crippen LogP contribution in [0.3, 0.4) is 0 Å². The fourth-order valence-corrected chi connectivity index (χ4v) is 3.02. The van der Waals surface area contributed by atoms with Gasteiger partial charge in [-0.3, -0.25) is 9.59 Å². The Morgan fingerprint density at radius 3 is 2.57 bits per heavy atom. The Balaban J connectivity index is 1.80. The van der Waals surface area contributed by atoms with Crippen LogP contribution in [0, 0.1) is 5.92 Å². The molecule has 126 valence electrons. The first-order valence-electron chi connectivity index (χ1n) is 8.20. The molecule has 1 aliphatic rings. The van der Waals surface area contributed by atoms with E-state index in [1.54, 1.807) is 31.2 Å². The van der Waals surface area contributed by atoms with Gasteiger partial charge in [0.2, 0.25) is 0 Å². The summed E-state index contributed by atoms with van der Waals surface area (Å²) in [5.41, 5.74) is 0.813. The molecule has 0 unspecified atom stereocenters. The van der Waals surface area contributed by atoms with Gasteiger partial charge in [0, 0.05) is 11.1 Å². The van der Waals surface area contributed by atoms with Crippen LogP contribution in [0.2, 0.25) is 5.02 Å². The predicted octanol–water partition coefficient (Wildman–Crippen LogP) is 3.51. The number of ether oxygens (including phenoxy) is 1. The number of rotatable bonds is 5. The van der Waals surface area contributed by atoms with Crippen molar-refractivity contribution in [2.45, 2.75) is 58.1 Å². The van der Waals surface area contributed by atoms with Gasteiger partial charge in [-0.1, -0.05) is 43.5 Å². The molecule has 0 radical (unpaired) electrons. The third kappa shape index (κ3) is 5.54. The number of halogens is 1. The largest absolute Gasteiger partial charge is 0.452 e. The molecule has 5 heteroatoms. The summed E-state index contributed by atoms with van der Waals surface area (Å²) in [5, 5.41) is 3.63. The number of hydrogen-bond donors (Lipinski definition) is 1. The third-order valence-electron chi connectivity index (χ3n) is 4.38. The molecule has 1 amide bonds. The van der Waals surface area contributed by atoms with Gasteiger partial charge in [0.25, 0.3) is 5.91 Å². The van der Waals surface area contributed by atoms with E-state index >= 15 is 0 Å². The van der Waals surface area contributed by atoms with Crippen LogP contribution in [-0.2, 0) is 20.7 Å². The van der Waals surface area contributed by atoms with Crippen molar-refractivity contribution in [1.82, 2.24) is 5.32 Å². The highest BCUT2D eigenvalue weighted by Gasteiger charge is 2.26. The highest BCUT2D eigenvalue weighted by atomic mass is 35.5. The Morgan fingerprint density at radius 1 is 1.26 bits per heavy atom. The van der Waals surface area contributed by atoms with E-state index in [-0.39, 0.29) is 18.4 Å². The molecule has 2 rings (SSSR count). The first kappa shape index (κ1) is 17.8. The van der Waals surface area contributed by atoms with Crippen LogP contribution in [-0.4, -0.2) is 24.0 Å². The molecule has 1 N–H and O–H groups in total. The van der Waals surface area contributed by atoms with Crippen LogP contribution in [0.25, 0.3) is 0 Å². The second kappa shape index (κ2) is 8.34. The second-order valence-corrected chi connectivity index (χ2v) is 6.75. The van der Waals surface area contributed by atoms with E-state index < -0.39 is 12.1 Å². The van der Waals surface area contributed by atoms with Crippen molar-refractivity contribution in [2.24, 2.45) is 5.92 Å².